The number of aliphatic hydroxyl groups is 1. The second-order valence-electron chi connectivity index (χ2n) is 4.45. The molecule has 1 aromatic heterocycles. The van der Waals surface area contributed by atoms with E-state index in [0.29, 0.717) is 12.5 Å². The van der Waals surface area contributed by atoms with E-state index in [1.54, 1.807) is 18.2 Å². The minimum absolute atomic E-state index is 0.227. The van der Waals surface area contributed by atoms with Crippen LogP contribution in [0.5, 0.6) is 0 Å². The van der Waals surface area contributed by atoms with Gasteiger partial charge in [-0.05, 0) is 6.42 Å². The highest BCUT2D eigenvalue weighted by Gasteiger charge is 2.27. The lowest BCUT2D eigenvalue weighted by Crippen LogP contribution is -2.20. The lowest BCUT2D eigenvalue weighted by Gasteiger charge is -2.12. The largest absolute Gasteiger partial charge is 0.505 e. The quantitative estimate of drug-likeness (QED) is 0.410. The van der Waals surface area contributed by atoms with Gasteiger partial charge in [0.05, 0.1) is 5.25 Å². The van der Waals surface area contributed by atoms with Gasteiger partial charge in [-0.1, -0.05) is 24.3 Å². The molecule has 0 amide bonds. The average molecular weight is 324 g/mol. The number of rotatable bonds is 5. The summed E-state index contributed by atoms with van der Waals surface area (Å²) in [5, 5.41) is 22.9. The zero-order valence-corrected chi connectivity index (χ0v) is 11.9. The van der Waals surface area contributed by atoms with Crippen LogP contribution in [0.1, 0.15) is 12.1 Å². The van der Waals surface area contributed by atoms with Crippen molar-refractivity contribution in [3.05, 3.63) is 42.1 Å². The topological polar surface area (TPSA) is 137 Å². The number of carboxylic acid groups (broad SMARTS) is 1. The average Bonchev–Trinajstić information content (AvgIpc) is 2.98. The maximum atomic E-state index is 12.3. The monoisotopic (exact) mass is 324 g/mol. The molecule has 9 heteroatoms. The van der Waals surface area contributed by atoms with Gasteiger partial charge in [-0.15, -0.1) is 0 Å². The van der Waals surface area contributed by atoms with Crippen molar-refractivity contribution in [3.8, 4) is 0 Å². The summed E-state index contributed by atoms with van der Waals surface area (Å²) >= 11 is 0. The summed E-state index contributed by atoms with van der Waals surface area (Å²) in [5.74, 6) is -3.82. The first-order valence-electron chi connectivity index (χ1n) is 6.13. The number of aliphatic carboxylic acids is 1. The summed E-state index contributed by atoms with van der Waals surface area (Å²) in [6, 6.07) is 1.04. The number of hydrogen-bond acceptors (Lipinski definition) is 6. The molecule has 1 aromatic rings. The van der Waals surface area contributed by atoms with Crippen molar-refractivity contribution in [1.29, 1.82) is 0 Å². The Labute approximate surface area is 125 Å². The Morgan fingerprint density at radius 2 is 2.05 bits per heavy atom. The Morgan fingerprint density at radius 3 is 2.64 bits per heavy atom. The van der Waals surface area contributed by atoms with Crippen LogP contribution in [0.3, 0.4) is 0 Å². The van der Waals surface area contributed by atoms with Crippen molar-refractivity contribution < 1.29 is 28.2 Å². The first kappa shape index (κ1) is 15.7. The minimum atomic E-state index is -3.72. The molecular weight excluding hydrogens is 312 g/mol. The molecule has 22 heavy (non-hydrogen) atoms. The Morgan fingerprint density at radius 1 is 1.32 bits per heavy atom. The summed E-state index contributed by atoms with van der Waals surface area (Å²) in [6.45, 7) is 0. The molecule has 2 rings (SSSR count). The molecule has 0 aromatic carbocycles. The van der Waals surface area contributed by atoms with Crippen LogP contribution in [0.25, 0.3) is 5.76 Å². The number of carboxylic acids is 1. The lowest BCUT2D eigenvalue weighted by atomic mass is 10.2. The van der Waals surface area contributed by atoms with Crippen molar-refractivity contribution in [3.63, 3.8) is 0 Å². The predicted molar refractivity (Wildman–Crippen MR) is 75.7 cm³/mol. The van der Waals surface area contributed by atoms with E-state index in [1.807, 2.05) is 0 Å². The zero-order chi connectivity index (χ0) is 16.3. The summed E-state index contributed by atoms with van der Waals surface area (Å²) in [4.78, 5) is 21.4. The number of aromatic amines is 1. The van der Waals surface area contributed by atoms with E-state index < -0.39 is 32.6 Å². The number of aromatic nitrogens is 2. The van der Waals surface area contributed by atoms with Gasteiger partial charge in [0.25, 0.3) is 5.78 Å². The Bertz CT molecular complexity index is 800. The van der Waals surface area contributed by atoms with Crippen LogP contribution in [0, 0.1) is 0 Å². The summed E-state index contributed by atoms with van der Waals surface area (Å²) in [5.41, 5.74) is -0.233. The summed E-state index contributed by atoms with van der Waals surface area (Å²) < 4.78 is 24.7. The number of allylic oxidation sites excluding steroid dienone is 3. The molecule has 0 saturated heterocycles. The number of carbonyl (C=O) groups excluding carboxylic acids is 1. The predicted octanol–water partition coefficient (Wildman–Crippen LogP) is 0.621. The summed E-state index contributed by atoms with van der Waals surface area (Å²) in [7, 11) is -3.72. The van der Waals surface area contributed by atoms with Crippen LogP contribution in [0.15, 0.2) is 41.5 Å². The molecular formula is C13H12N2O6S. The Balaban J connectivity index is 2.28. The molecule has 3 N–H and O–H groups in total. The fourth-order valence-corrected chi connectivity index (χ4v) is 3.23. The fourth-order valence-electron chi connectivity index (χ4n) is 1.79. The zero-order valence-electron chi connectivity index (χ0n) is 11.1. The third-order valence-corrected chi connectivity index (χ3v) is 4.91. The molecule has 1 atom stereocenters. The van der Waals surface area contributed by atoms with Crippen molar-refractivity contribution in [2.45, 2.75) is 16.7 Å². The van der Waals surface area contributed by atoms with Crippen molar-refractivity contribution >= 4 is 27.3 Å². The van der Waals surface area contributed by atoms with E-state index in [-0.39, 0.29) is 10.7 Å². The highest BCUT2D eigenvalue weighted by molar-refractivity contribution is 7.92. The van der Waals surface area contributed by atoms with Gasteiger partial charge in [0.1, 0.15) is 11.5 Å². The van der Waals surface area contributed by atoms with Gasteiger partial charge in [-0.3, -0.25) is 9.89 Å². The first-order valence-corrected chi connectivity index (χ1v) is 7.68. The van der Waals surface area contributed by atoms with Gasteiger partial charge in [0.15, 0.2) is 5.03 Å². The number of sulfone groups is 1. The second-order valence-corrected chi connectivity index (χ2v) is 6.58. The number of nitrogens with zero attached hydrogens (tertiary/aromatic N) is 1. The van der Waals surface area contributed by atoms with E-state index in [0.717, 1.165) is 6.07 Å². The molecule has 1 unspecified atom stereocenters. The molecule has 1 aliphatic carbocycles. The third kappa shape index (κ3) is 3.14. The van der Waals surface area contributed by atoms with E-state index in [1.165, 1.54) is 6.08 Å². The number of ketones is 1. The van der Waals surface area contributed by atoms with Crippen LogP contribution in [-0.2, 0) is 19.4 Å². The molecule has 1 heterocycles. The Kier molecular flexibility index (Phi) is 4.27. The highest BCUT2D eigenvalue weighted by atomic mass is 32.2. The molecule has 116 valence electrons. The molecule has 1 aliphatic rings. The lowest BCUT2D eigenvalue weighted by molar-refractivity contribution is -0.146. The van der Waals surface area contributed by atoms with Gasteiger partial charge in [0, 0.05) is 12.1 Å². The van der Waals surface area contributed by atoms with Crippen LogP contribution >= 0.6 is 0 Å². The van der Waals surface area contributed by atoms with Gasteiger partial charge < -0.3 is 10.2 Å². The van der Waals surface area contributed by atoms with Gasteiger partial charge in [-0.25, -0.2) is 13.2 Å². The maximum absolute atomic E-state index is 12.3. The van der Waals surface area contributed by atoms with Gasteiger partial charge in [-0.2, -0.15) is 5.10 Å². The number of carbonyl (C=O) groups is 2. The normalized spacial score (nSPS) is 18.4. The molecule has 0 fully saturated rings. The maximum Gasteiger partial charge on any atom is 0.376 e. The number of hydrogen-bond donors (Lipinski definition) is 3. The second kappa shape index (κ2) is 5.98. The van der Waals surface area contributed by atoms with Crippen LogP contribution in [0.4, 0.5) is 0 Å². The van der Waals surface area contributed by atoms with E-state index in [2.05, 4.69) is 10.2 Å². The standard InChI is InChI=1S/C13H12N2O6S/c16-10(7-11(17)13(18)19)9-6-12(15-14-9)22(20,21)8-4-2-1-3-5-8/h1-4,6-8,16H,5H2,(H,14,15)(H,18,19). The molecule has 8 nitrogen and oxygen atoms in total. The highest BCUT2D eigenvalue weighted by Crippen LogP contribution is 2.22. The fraction of sp³-hybridized carbons (Fsp3) is 0.154. The molecule has 0 radical (unpaired) electrons. The number of H-pyrrole nitrogens is 1. The smallest absolute Gasteiger partial charge is 0.376 e. The van der Waals surface area contributed by atoms with Crippen molar-refractivity contribution in [2.24, 2.45) is 0 Å². The molecule has 0 spiro atoms. The van der Waals surface area contributed by atoms with Crippen LogP contribution in [-0.4, -0.2) is 45.8 Å². The molecule has 0 aliphatic heterocycles. The van der Waals surface area contributed by atoms with Crippen LogP contribution in [0.2, 0.25) is 0 Å². The van der Waals surface area contributed by atoms with E-state index in [4.69, 9.17) is 5.11 Å². The number of aliphatic hydroxyl groups excluding tert-OH is 1. The third-order valence-electron chi connectivity index (χ3n) is 2.94. The number of nitrogens with one attached hydrogen (secondary N) is 1. The van der Waals surface area contributed by atoms with Gasteiger partial charge in [0.2, 0.25) is 9.84 Å². The molecule has 0 bridgehead atoms. The minimum Gasteiger partial charge on any atom is -0.505 e. The SMILES string of the molecule is O=C(O)C(=O)C=C(O)c1cc(S(=O)(=O)C2C=CC=CC2)[nH]n1. The summed E-state index contributed by atoms with van der Waals surface area (Å²) in [6.07, 6.45) is 7.36. The van der Waals surface area contributed by atoms with Crippen molar-refractivity contribution in [2.75, 3.05) is 0 Å². The Hall–Kier alpha value is -2.68. The molecule has 0 saturated carbocycles. The first-order chi connectivity index (χ1) is 10.3. The van der Waals surface area contributed by atoms with E-state index in [9.17, 15) is 23.1 Å². The van der Waals surface area contributed by atoms with Crippen LogP contribution < -0.4 is 0 Å². The van der Waals surface area contributed by atoms with Crippen molar-refractivity contribution in [1.82, 2.24) is 10.2 Å². The van der Waals surface area contributed by atoms with Gasteiger partial charge >= 0.3 is 5.97 Å². The van der Waals surface area contributed by atoms with E-state index >= 15 is 0 Å².